The Labute approximate surface area is 49.5 Å². The number of nitrogens with zero attached hydrogens (tertiary/aromatic N) is 1. The summed E-state index contributed by atoms with van der Waals surface area (Å²) < 4.78 is 0. The van der Waals surface area contributed by atoms with Gasteiger partial charge >= 0.3 is 0 Å². The highest BCUT2D eigenvalue weighted by Crippen LogP contribution is 2.10. The number of hydrogen-bond acceptors (Lipinski definition) is 2. The van der Waals surface area contributed by atoms with Crippen molar-refractivity contribution in [3.05, 3.63) is 0 Å². The summed E-state index contributed by atoms with van der Waals surface area (Å²) in [6.45, 7) is 3.17. The molecule has 1 aliphatic heterocycles. The Hall–Kier alpha value is -0.550. The number of nitriles is 1. The second-order valence-electron chi connectivity index (χ2n) is 2.43. The Morgan fingerprint density at radius 3 is 2.75 bits per heavy atom. The number of hydrogen-bond donors (Lipinski definition) is 1. The first-order chi connectivity index (χ1) is 3.83. The second-order valence-corrected chi connectivity index (χ2v) is 2.43. The molecular formula is C6H10N2. The molecule has 1 unspecified atom stereocenters. The Kier molecular flexibility index (Phi) is 1.50. The summed E-state index contributed by atoms with van der Waals surface area (Å²) in [6.07, 6.45) is 1.02. The van der Waals surface area contributed by atoms with Crippen molar-refractivity contribution in [3.63, 3.8) is 0 Å². The van der Waals surface area contributed by atoms with Crippen LogP contribution in [0.2, 0.25) is 0 Å². The first-order valence-electron chi connectivity index (χ1n) is 2.96. The van der Waals surface area contributed by atoms with E-state index in [0.717, 1.165) is 13.0 Å². The summed E-state index contributed by atoms with van der Waals surface area (Å²) in [6, 6.07) is 2.31. The topological polar surface area (TPSA) is 35.8 Å². The lowest BCUT2D eigenvalue weighted by Crippen LogP contribution is -2.18. The fourth-order valence-electron chi connectivity index (χ4n) is 1.01. The van der Waals surface area contributed by atoms with Gasteiger partial charge in [0.1, 0.15) is 0 Å². The van der Waals surface area contributed by atoms with E-state index >= 15 is 0 Å². The minimum absolute atomic E-state index is 0.130. The van der Waals surface area contributed by atoms with Crippen LogP contribution in [0.25, 0.3) is 0 Å². The van der Waals surface area contributed by atoms with Crippen molar-refractivity contribution < 1.29 is 0 Å². The van der Waals surface area contributed by atoms with E-state index in [1.54, 1.807) is 0 Å². The van der Waals surface area contributed by atoms with Crippen LogP contribution >= 0.6 is 0 Å². The molecule has 0 bridgehead atoms. The first-order valence-corrected chi connectivity index (χ1v) is 2.96. The molecule has 1 fully saturated rings. The zero-order valence-corrected chi connectivity index (χ0v) is 5.02. The third-order valence-electron chi connectivity index (χ3n) is 1.51. The van der Waals surface area contributed by atoms with Gasteiger partial charge in [-0.3, -0.25) is 0 Å². The minimum Gasteiger partial charge on any atom is -0.302 e. The average Bonchev–Trinajstić information content (AvgIpc) is 2.14. The maximum Gasteiger partial charge on any atom is 0.0956 e. The molecule has 0 radical (unpaired) electrons. The van der Waals surface area contributed by atoms with Crippen LogP contribution in [0.1, 0.15) is 13.3 Å². The Morgan fingerprint density at radius 2 is 2.50 bits per heavy atom. The van der Waals surface area contributed by atoms with Gasteiger partial charge in [0.15, 0.2) is 0 Å². The smallest absolute Gasteiger partial charge is 0.0956 e. The molecule has 2 atom stereocenters. The zero-order valence-electron chi connectivity index (χ0n) is 5.02. The Bertz CT molecular complexity index is 114. The standard InChI is InChI=1S/C6H10N2/c1-5-2-6(3-7)8-4-5/h5-6,8H,2,4H2,1H3/t5?,6-/m1/s1. The highest BCUT2D eigenvalue weighted by atomic mass is 14.9. The molecule has 0 aromatic rings. The van der Waals surface area contributed by atoms with Gasteiger partial charge in [0.05, 0.1) is 12.1 Å². The highest BCUT2D eigenvalue weighted by molar-refractivity contribution is 4.95. The van der Waals surface area contributed by atoms with Gasteiger partial charge < -0.3 is 5.32 Å². The van der Waals surface area contributed by atoms with Crippen molar-refractivity contribution in [1.82, 2.24) is 5.32 Å². The molecule has 1 saturated heterocycles. The van der Waals surface area contributed by atoms with Crippen LogP contribution in [-0.4, -0.2) is 12.6 Å². The predicted molar refractivity (Wildman–Crippen MR) is 31.2 cm³/mol. The van der Waals surface area contributed by atoms with Crippen LogP contribution in [0, 0.1) is 17.2 Å². The van der Waals surface area contributed by atoms with E-state index in [9.17, 15) is 0 Å². The van der Waals surface area contributed by atoms with Crippen LogP contribution in [-0.2, 0) is 0 Å². The largest absolute Gasteiger partial charge is 0.302 e. The summed E-state index contributed by atoms with van der Waals surface area (Å²) in [4.78, 5) is 0. The molecule has 0 aromatic carbocycles. The molecule has 0 amide bonds. The normalized spacial score (nSPS) is 37.0. The Morgan fingerprint density at radius 1 is 1.75 bits per heavy atom. The third-order valence-corrected chi connectivity index (χ3v) is 1.51. The van der Waals surface area contributed by atoms with Crippen molar-refractivity contribution in [2.24, 2.45) is 5.92 Å². The molecule has 0 aromatic heterocycles. The van der Waals surface area contributed by atoms with Gasteiger partial charge in [-0.2, -0.15) is 5.26 Å². The van der Waals surface area contributed by atoms with E-state index in [1.165, 1.54) is 0 Å². The molecule has 1 aliphatic rings. The molecule has 1 N–H and O–H groups in total. The average molecular weight is 110 g/mol. The molecule has 44 valence electrons. The van der Waals surface area contributed by atoms with Crippen molar-refractivity contribution >= 4 is 0 Å². The van der Waals surface area contributed by atoms with Crippen LogP contribution in [0.3, 0.4) is 0 Å². The van der Waals surface area contributed by atoms with Gasteiger partial charge in [0.25, 0.3) is 0 Å². The van der Waals surface area contributed by atoms with Gasteiger partial charge in [-0.25, -0.2) is 0 Å². The van der Waals surface area contributed by atoms with Gasteiger partial charge in [-0.1, -0.05) is 6.92 Å². The summed E-state index contributed by atoms with van der Waals surface area (Å²) in [5.74, 6) is 0.694. The van der Waals surface area contributed by atoms with Gasteiger partial charge in [-0.15, -0.1) is 0 Å². The summed E-state index contributed by atoms with van der Waals surface area (Å²) >= 11 is 0. The molecule has 2 heteroatoms. The van der Waals surface area contributed by atoms with E-state index in [4.69, 9.17) is 5.26 Å². The Balaban J connectivity index is 2.35. The molecule has 0 spiro atoms. The fraction of sp³-hybridized carbons (Fsp3) is 0.833. The van der Waals surface area contributed by atoms with Crippen molar-refractivity contribution in [3.8, 4) is 6.07 Å². The SMILES string of the molecule is CC1CN[C@@H](C#N)C1. The first kappa shape index (κ1) is 5.58. The van der Waals surface area contributed by atoms with Crippen LogP contribution < -0.4 is 5.32 Å². The van der Waals surface area contributed by atoms with E-state index in [2.05, 4.69) is 18.3 Å². The van der Waals surface area contributed by atoms with Crippen LogP contribution in [0.5, 0.6) is 0 Å². The molecular weight excluding hydrogens is 100 g/mol. The second kappa shape index (κ2) is 2.15. The van der Waals surface area contributed by atoms with Gasteiger partial charge in [0, 0.05) is 0 Å². The van der Waals surface area contributed by atoms with Crippen molar-refractivity contribution in [2.45, 2.75) is 19.4 Å². The monoisotopic (exact) mass is 110 g/mol. The molecule has 0 saturated carbocycles. The summed E-state index contributed by atoms with van der Waals surface area (Å²) in [7, 11) is 0. The molecule has 8 heavy (non-hydrogen) atoms. The molecule has 2 nitrogen and oxygen atoms in total. The van der Waals surface area contributed by atoms with E-state index in [0.29, 0.717) is 5.92 Å². The lowest BCUT2D eigenvalue weighted by Gasteiger charge is -1.93. The maximum absolute atomic E-state index is 8.37. The van der Waals surface area contributed by atoms with E-state index < -0.39 is 0 Å². The fourth-order valence-corrected chi connectivity index (χ4v) is 1.01. The number of nitrogens with one attached hydrogen (secondary N) is 1. The van der Waals surface area contributed by atoms with E-state index in [1.807, 2.05) is 0 Å². The van der Waals surface area contributed by atoms with Gasteiger partial charge in [0.2, 0.25) is 0 Å². The molecule has 1 heterocycles. The minimum atomic E-state index is 0.130. The maximum atomic E-state index is 8.37. The highest BCUT2D eigenvalue weighted by Gasteiger charge is 2.18. The lowest BCUT2D eigenvalue weighted by molar-refractivity contribution is 0.643. The van der Waals surface area contributed by atoms with Crippen molar-refractivity contribution in [1.29, 1.82) is 5.26 Å². The quantitative estimate of drug-likeness (QED) is 0.493. The summed E-state index contributed by atoms with van der Waals surface area (Å²) in [5, 5.41) is 11.5. The van der Waals surface area contributed by atoms with Gasteiger partial charge in [-0.05, 0) is 18.9 Å². The summed E-state index contributed by atoms with van der Waals surface area (Å²) in [5.41, 5.74) is 0. The van der Waals surface area contributed by atoms with Crippen LogP contribution in [0.4, 0.5) is 0 Å². The van der Waals surface area contributed by atoms with Crippen molar-refractivity contribution in [2.75, 3.05) is 6.54 Å². The number of rotatable bonds is 0. The lowest BCUT2D eigenvalue weighted by atomic mass is 10.1. The third kappa shape index (κ3) is 0.988. The molecule has 0 aliphatic carbocycles. The zero-order chi connectivity index (χ0) is 5.98. The predicted octanol–water partition coefficient (Wildman–Crippen LogP) is 0.508. The van der Waals surface area contributed by atoms with E-state index in [-0.39, 0.29) is 6.04 Å². The van der Waals surface area contributed by atoms with Crippen LogP contribution in [0.15, 0.2) is 0 Å². The molecule has 1 rings (SSSR count).